The standard InChI is InChI=1S/C24H21N7S/c1-4-15-6-8-20(32-15)16-9-10-25-23-21(16)27-24(28-23)22-17-11-14(5-7-18(17)29-30-22)19-12-26-13(2)31(19)3/h5-12H,4H2,1-3H3,(H,29,30)(H,25,27,28). The number of pyridine rings is 1. The van der Waals surface area contributed by atoms with Gasteiger partial charge in [0.25, 0.3) is 0 Å². The molecular formula is C24H21N7S. The summed E-state index contributed by atoms with van der Waals surface area (Å²) in [6.07, 6.45) is 4.76. The molecule has 0 radical (unpaired) electrons. The van der Waals surface area contributed by atoms with Crippen molar-refractivity contribution >= 4 is 33.4 Å². The van der Waals surface area contributed by atoms with Gasteiger partial charge in [0.2, 0.25) is 0 Å². The number of nitrogens with one attached hydrogen (secondary N) is 2. The SMILES string of the molecule is CCc1ccc(-c2ccnc3[nH]c(-c4n[nH]c5ccc(-c6cnc(C)n6C)cc45)nc23)s1. The van der Waals surface area contributed by atoms with E-state index < -0.39 is 0 Å². The summed E-state index contributed by atoms with van der Waals surface area (Å²) >= 11 is 1.80. The Bertz CT molecular complexity index is 1600. The Balaban J connectivity index is 1.50. The summed E-state index contributed by atoms with van der Waals surface area (Å²) in [5, 5.41) is 8.72. The van der Waals surface area contributed by atoms with Crippen LogP contribution in [0.4, 0.5) is 0 Å². The van der Waals surface area contributed by atoms with Crippen molar-refractivity contribution in [1.29, 1.82) is 0 Å². The predicted octanol–water partition coefficient (Wildman–Crippen LogP) is 5.50. The van der Waals surface area contributed by atoms with E-state index in [1.807, 2.05) is 38.5 Å². The first-order valence-electron chi connectivity index (χ1n) is 10.5. The molecule has 0 bridgehead atoms. The van der Waals surface area contributed by atoms with Crippen LogP contribution in [-0.2, 0) is 13.5 Å². The molecule has 0 saturated carbocycles. The van der Waals surface area contributed by atoms with Crippen molar-refractivity contribution in [3.63, 3.8) is 0 Å². The van der Waals surface area contributed by atoms with Crippen LogP contribution in [-0.4, -0.2) is 34.7 Å². The van der Waals surface area contributed by atoms with Gasteiger partial charge in [-0.05, 0) is 43.7 Å². The molecule has 6 rings (SSSR count). The zero-order valence-electron chi connectivity index (χ0n) is 18.0. The summed E-state index contributed by atoms with van der Waals surface area (Å²) in [5.74, 6) is 1.68. The Morgan fingerprint density at radius 2 is 2.00 bits per heavy atom. The molecule has 0 aliphatic carbocycles. The van der Waals surface area contributed by atoms with Gasteiger partial charge in [-0.15, -0.1) is 11.3 Å². The Labute approximate surface area is 188 Å². The number of aromatic nitrogens is 7. The average molecular weight is 440 g/mol. The number of rotatable bonds is 4. The lowest BCUT2D eigenvalue weighted by Gasteiger charge is -2.04. The predicted molar refractivity (Wildman–Crippen MR) is 129 cm³/mol. The van der Waals surface area contributed by atoms with Crippen LogP contribution < -0.4 is 0 Å². The van der Waals surface area contributed by atoms with E-state index in [9.17, 15) is 0 Å². The number of benzene rings is 1. The molecule has 7 nitrogen and oxygen atoms in total. The molecule has 0 aliphatic heterocycles. The van der Waals surface area contributed by atoms with Crippen LogP contribution >= 0.6 is 11.3 Å². The van der Waals surface area contributed by atoms with E-state index in [-0.39, 0.29) is 0 Å². The third-order valence-electron chi connectivity index (χ3n) is 5.96. The molecule has 0 spiro atoms. The number of aromatic amines is 2. The second-order valence-corrected chi connectivity index (χ2v) is 9.01. The largest absolute Gasteiger partial charge is 0.331 e. The molecule has 5 heterocycles. The first kappa shape index (κ1) is 18.9. The van der Waals surface area contributed by atoms with E-state index in [2.05, 4.69) is 60.9 Å². The second-order valence-electron chi connectivity index (χ2n) is 7.84. The lowest BCUT2D eigenvalue weighted by Crippen LogP contribution is -1.94. The Morgan fingerprint density at radius 3 is 2.78 bits per heavy atom. The van der Waals surface area contributed by atoms with E-state index in [1.165, 1.54) is 9.75 Å². The van der Waals surface area contributed by atoms with Crippen molar-refractivity contribution in [2.24, 2.45) is 7.05 Å². The minimum Gasteiger partial charge on any atom is -0.331 e. The Kier molecular flexibility index (Phi) is 4.22. The van der Waals surface area contributed by atoms with Crippen LogP contribution in [0.3, 0.4) is 0 Å². The van der Waals surface area contributed by atoms with Crippen molar-refractivity contribution in [2.75, 3.05) is 0 Å². The molecule has 0 aliphatic rings. The fraction of sp³-hybridized carbons (Fsp3) is 0.167. The van der Waals surface area contributed by atoms with Crippen LogP contribution in [0.1, 0.15) is 17.6 Å². The third-order valence-corrected chi connectivity index (χ3v) is 7.23. The maximum absolute atomic E-state index is 4.93. The van der Waals surface area contributed by atoms with Gasteiger partial charge in [-0.1, -0.05) is 13.0 Å². The molecule has 0 fully saturated rings. The van der Waals surface area contributed by atoms with Crippen LogP contribution in [0.25, 0.3) is 55.3 Å². The first-order chi connectivity index (χ1) is 15.6. The smallest absolute Gasteiger partial charge is 0.160 e. The van der Waals surface area contributed by atoms with E-state index in [4.69, 9.17) is 4.98 Å². The van der Waals surface area contributed by atoms with Crippen LogP contribution in [0.5, 0.6) is 0 Å². The molecule has 32 heavy (non-hydrogen) atoms. The molecule has 0 unspecified atom stereocenters. The van der Waals surface area contributed by atoms with Crippen LogP contribution in [0.15, 0.2) is 48.8 Å². The first-order valence-corrected chi connectivity index (χ1v) is 11.3. The van der Waals surface area contributed by atoms with Crippen LogP contribution in [0, 0.1) is 6.92 Å². The number of fused-ring (bicyclic) bond motifs is 2. The van der Waals surface area contributed by atoms with E-state index in [1.54, 1.807) is 11.3 Å². The van der Waals surface area contributed by atoms with Gasteiger partial charge in [0.05, 0.1) is 17.4 Å². The van der Waals surface area contributed by atoms with E-state index >= 15 is 0 Å². The van der Waals surface area contributed by atoms with Crippen molar-refractivity contribution in [3.8, 4) is 33.2 Å². The minimum atomic E-state index is 0.705. The van der Waals surface area contributed by atoms with Crippen molar-refractivity contribution in [3.05, 3.63) is 59.5 Å². The van der Waals surface area contributed by atoms with Crippen molar-refractivity contribution in [2.45, 2.75) is 20.3 Å². The lowest BCUT2D eigenvalue weighted by atomic mass is 10.1. The lowest BCUT2D eigenvalue weighted by molar-refractivity contribution is 0.865. The molecule has 0 saturated heterocycles. The summed E-state index contributed by atoms with van der Waals surface area (Å²) in [5.41, 5.74) is 6.61. The molecule has 1 aromatic carbocycles. The maximum atomic E-state index is 4.93. The van der Waals surface area contributed by atoms with E-state index in [0.717, 1.165) is 56.8 Å². The fourth-order valence-corrected chi connectivity index (χ4v) is 5.03. The summed E-state index contributed by atoms with van der Waals surface area (Å²) in [6, 6.07) is 12.7. The number of hydrogen-bond donors (Lipinski definition) is 2. The summed E-state index contributed by atoms with van der Waals surface area (Å²) < 4.78 is 2.09. The third kappa shape index (κ3) is 2.87. The molecule has 8 heteroatoms. The van der Waals surface area contributed by atoms with Crippen LogP contribution in [0.2, 0.25) is 0 Å². The summed E-state index contributed by atoms with van der Waals surface area (Å²) in [7, 11) is 2.03. The van der Waals surface area contributed by atoms with Gasteiger partial charge in [0.15, 0.2) is 11.5 Å². The Morgan fingerprint density at radius 1 is 1.09 bits per heavy atom. The number of hydrogen-bond acceptors (Lipinski definition) is 5. The molecule has 5 aromatic heterocycles. The number of thiophene rings is 1. The topological polar surface area (TPSA) is 88.1 Å². The van der Waals surface area contributed by atoms with Gasteiger partial charge in [-0.25, -0.2) is 15.0 Å². The number of imidazole rings is 2. The van der Waals surface area contributed by atoms with Gasteiger partial charge in [0.1, 0.15) is 17.0 Å². The van der Waals surface area contributed by atoms with Crippen molar-refractivity contribution < 1.29 is 0 Å². The highest BCUT2D eigenvalue weighted by atomic mass is 32.1. The van der Waals surface area contributed by atoms with E-state index in [0.29, 0.717) is 5.82 Å². The van der Waals surface area contributed by atoms with Gasteiger partial charge in [-0.3, -0.25) is 5.10 Å². The highest BCUT2D eigenvalue weighted by Crippen LogP contribution is 2.35. The minimum absolute atomic E-state index is 0.705. The molecule has 6 aromatic rings. The summed E-state index contributed by atoms with van der Waals surface area (Å²) in [6.45, 7) is 4.18. The number of aryl methyl sites for hydroxylation is 2. The average Bonchev–Trinajstić information content (AvgIpc) is 3.59. The van der Waals surface area contributed by atoms with Gasteiger partial charge in [0, 0.05) is 39.5 Å². The van der Waals surface area contributed by atoms with Crippen molar-refractivity contribution in [1.82, 2.24) is 34.7 Å². The Hall–Kier alpha value is -3.78. The molecule has 0 atom stereocenters. The summed E-state index contributed by atoms with van der Waals surface area (Å²) in [4.78, 5) is 19.8. The van der Waals surface area contributed by atoms with Gasteiger partial charge in [-0.2, -0.15) is 5.10 Å². The monoisotopic (exact) mass is 439 g/mol. The molecule has 2 N–H and O–H groups in total. The highest BCUT2D eigenvalue weighted by molar-refractivity contribution is 7.15. The molecular weight excluding hydrogens is 418 g/mol. The highest BCUT2D eigenvalue weighted by Gasteiger charge is 2.17. The second kappa shape index (κ2) is 7.13. The number of nitrogens with zero attached hydrogens (tertiary/aromatic N) is 5. The zero-order chi connectivity index (χ0) is 21.8. The van der Waals surface area contributed by atoms with Gasteiger partial charge < -0.3 is 9.55 Å². The normalized spacial score (nSPS) is 11.7. The number of H-pyrrole nitrogens is 2. The van der Waals surface area contributed by atoms with Gasteiger partial charge >= 0.3 is 0 Å². The molecule has 158 valence electrons. The molecule has 0 amide bonds. The zero-order valence-corrected chi connectivity index (χ0v) is 18.8. The maximum Gasteiger partial charge on any atom is 0.160 e. The quantitative estimate of drug-likeness (QED) is 0.380. The fourth-order valence-electron chi connectivity index (χ4n) is 4.06.